The maximum atomic E-state index is 14.0. The van der Waals surface area contributed by atoms with E-state index in [0.717, 1.165) is 0 Å². The lowest BCUT2D eigenvalue weighted by Gasteiger charge is -2.29. The van der Waals surface area contributed by atoms with Crippen LogP contribution in [0.4, 0.5) is 4.39 Å². The van der Waals surface area contributed by atoms with Crippen LogP contribution in [0.15, 0.2) is 34.9 Å². The van der Waals surface area contributed by atoms with Gasteiger partial charge in [0, 0.05) is 28.4 Å². The maximum absolute atomic E-state index is 14.0. The van der Waals surface area contributed by atoms with Crippen molar-refractivity contribution in [3.8, 4) is 11.1 Å². The fraction of sp³-hybridized carbons (Fsp3) is 0.269. The highest BCUT2D eigenvalue weighted by molar-refractivity contribution is 8.11. The molecule has 0 saturated carbocycles. The van der Waals surface area contributed by atoms with Gasteiger partial charge in [0.1, 0.15) is 21.6 Å². The molecule has 1 aliphatic rings. The Bertz CT molecular complexity index is 1700. The summed E-state index contributed by atoms with van der Waals surface area (Å²) in [4.78, 5) is 39.2. The summed E-state index contributed by atoms with van der Waals surface area (Å²) in [5.74, 6) is 2.96. The summed E-state index contributed by atoms with van der Waals surface area (Å²) >= 11 is 0. The lowest BCUT2D eigenvalue weighted by molar-refractivity contribution is 0.0636. The molecule has 1 fully saturated rings. The standard InChI is InChI=1S/C26H25FN4O5S/c1-14-23(15(2)36-29-14)17-9-20-19-7-6-16(26(34)30-8-4-5-18(27)12-30)11-22(19)31(37(3,35)13-32)24(20)21(10-17)25(28)33/h6-7,9-11,13,18H,3-5,8,12H2,1-2H3,(H2,28,33). The number of benzene rings is 2. The first kappa shape index (κ1) is 24.7. The van der Waals surface area contributed by atoms with Crippen LogP contribution in [0, 0.1) is 13.8 Å². The summed E-state index contributed by atoms with van der Waals surface area (Å²) in [6.45, 7) is 3.92. The molecule has 2 aromatic heterocycles. The Hall–Kier alpha value is -3.99. The molecule has 2 N–H and O–H groups in total. The van der Waals surface area contributed by atoms with E-state index in [-0.39, 0.29) is 40.2 Å². The van der Waals surface area contributed by atoms with Gasteiger partial charge in [0.15, 0.2) is 0 Å². The Morgan fingerprint density at radius 3 is 2.62 bits per heavy atom. The van der Waals surface area contributed by atoms with E-state index in [0.29, 0.717) is 52.7 Å². The number of fused-ring (bicyclic) bond motifs is 3. The number of piperidine rings is 1. The van der Waals surface area contributed by atoms with Crippen molar-refractivity contribution in [3.63, 3.8) is 0 Å². The van der Waals surface area contributed by atoms with Crippen molar-refractivity contribution < 1.29 is 27.5 Å². The highest BCUT2D eigenvalue weighted by Gasteiger charge is 2.27. The van der Waals surface area contributed by atoms with E-state index in [4.69, 9.17) is 10.3 Å². The second-order valence-electron chi connectivity index (χ2n) is 9.29. The Balaban J connectivity index is 1.84. The van der Waals surface area contributed by atoms with Crippen LogP contribution in [-0.2, 0) is 14.5 Å². The number of nitrogens with two attached hydrogens (primary N) is 1. The molecule has 9 nitrogen and oxygen atoms in total. The van der Waals surface area contributed by atoms with Gasteiger partial charge in [-0.1, -0.05) is 11.2 Å². The highest BCUT2D eigenvalue weighted by atomic mass is 32.2. The Morgan fingerprint density at radius 1 is 1.24 bits per heavy atom. The lowest BCUT2D eigenvalue weighted by Crippen LogP contribution is -2.40. The second-order valence-corrected chi connectivity index (χ2v) is 11.2. The summed E-state index contributed by atoms with van der Waals surface area (Å²) in [7, 11) is -3.61. The van der Waals surface area contributed by atoms with Gasteiger partial charge in [0.05, 0.1) is 28.8 Å². The predicted molar refractivity (Wildman–Crippen MR) is 140 cm³/mol. The molecule has 0 spiro atoms. The third-order valence-electron chi connectivity index (χ3n) is 6.76. The molecule has 11 heteroatoms. The summed E-state index contributed by atoms with van der Waals surface area (Å²) in [6.07, 6.45) is -0.134. The molecule has 192 valence electrons. The molecular formula is C26H25FN4O5S. The zero-order chi connectivity index (χ0) is 26.6. The summed E-state index contributed by atoms with van der Waals surface area (Å²) < 4.78 is 33.9. The average Bonchev–Trinajstić information content (AvgIpc) is 3.38. The number of nitrogens with zero attached hydrogens (tertiary/aromatic N) is 3. The molecule has 0 aliphatic carbocycles. The van der Waals surface area contributed by atoms with Crippen molar-refractivity contribution >= 4 is 54.8 Å². The van der Waals surface area contributed by atoms with Crippen LogP contribution < -0.4 is 5.73 Å². The number of rotatable bonds is 5. The number of hydrogen-bond acceptors (Lipinski definition) is 6. The van der Waals surface area contributed by atoms with Gasteiger partial charge in [-0.15, -0.1) is 0 Å². The Kier molecular flexibility index (Phi) is 5.90. The van der Waals surface area contributed by atoms with Crippen LogP contribution in [0.1, 0.15) is 45.0 Å². The number of hydrogen-bond donors (Lipinski definition) is 1. The molecule has 2 amide bonds. The molecule has 3 heterocycles. The van der Waals surface area contributed by atoms with E-state index in [9.17, 15) is 23.0 Å². The van der Waals surface area contributed by atoms with Gasteiger partial charge in [-0.2, -0.15) is 0 Å². The molecule has 37 heavy (non-hydrogen) atoms. The van der Waals surface area contributed by atoms with Crippen molar-refractivity contribution in [2.45, 2.75) is 32.9 Å². The minimum atomic E-state index is -3.61. The van der Waals surface area contributed by atoms with Gasteiger partial charge >= 0.3 is 0 Å². The molecule has 4 aromatic rings. The minimum Gasteiger partial charge on any atom is -0.366 e. The number of primary amides is 1. The number of carbonyl (C=O) groups is 3. The first-order valence-corrected chi connectivity index (χ1v) is 13.4. The maximum Gasteiger partial charge on any atom is 0.254 e. The van der Waals surface area contributed by atoms with Crippen LogP contribution >= 0.6 is 0 Å². The van der Waals surface area contributed by atoms with E-state index < -0.39 is 21.8 Å². The Labute approximate surface area is 212 Å². The van der Waals surface area contributed by atoms with Crippen LogP contribution in [0.2, 0.25) is 0 Å². The second kappa shape index (κ2) is 8.84. The number of amides is 2. The van der Waals surface area contributed by atoms with Gasteiger partial charge in [-0.3, -0.25) is 18.4 Å². The number of aromatic nitrogens is 2. The largest absolute Gasteiger partial charge is 0.366 e. The summed E-state index contributed by atoms with van der Waals surface area (Å²) in [5.41, 5.74) is 8.52. The predicted octanol–water partition coefficient (Wildman–Crippen LogP) is 3.41. The zero-order valence-electron chi connectivity index (χ0n) is 20.3. The molecule has 1 aliphatic heterocycles. The minimum absolute atomic E-state index is 0.00705. The first-order chi connectivity index (χ1) is 17.5. The van der Waals surface area contributed by atoms with E-state index >= 15 is 0 Å². The highest BCUT2D eigenvalue weighted by Crippen LogP contribution is 2.38. The number of alkyl halides is 1. The monoisotopic (exact) mass is 524 g/mol. The third kappa shape index (κ3) is 3.99. The van der Waals surface area contributed by atoms with Gasteiger partial charge in [-0.05, 0) is 62.4 Å². The van der Waals surface area contributed by atoms with Crippen molar-refractivity contribution in [1.82, 2.24) is 14.0 Å². The molecular weight excluding hydrogens is 499 g/mol. The lowest BCUT2D eigenvalue weighted by atomic mass is 9.97. The van der Waals surface area contributed by atoms with Crippen molar-refractivity contribution in [2.75, 3.05) is 13.1 Å². The summed E-state index contributed by atoms with van der Waals surface area (Å²) in [6, 6.07) is 8.05. The van der Waals surface area contributed by atoms with E-state index in [1.807, 2.05) is 0 Å². The van der Waals surface area contributed by atoms with E-state index in [2.05, 4.69) is 11.0 Å². The first-order valence-electron chi connectivity index (χ1n) is 11.6. The molecule has 2 atom stereocenters. The van der Waals surface area contributed by atoms with Crippen molar-refractivity contribution in [1.29, 1.82) is 0 Å². The van der Waals surface area contributed by atoms with E-state index in [1.54, 1.807) is 32.0 Å². The quantitative estimate of drug-likeness (QED) is 0.315. The molecule has 1 saturated heterocycles. The molecule has 5 rings (SSSR count). The van der Waals surface area contributed by atoms with Gasteiger partial charge in [0.2, 0.25) is 5.62 Å². The van der Waals surface area contributed by atoms with Gasteiger partial charge in [-0.25, -0.2) is 8.60 Å². The smallest absolute Gasteiger partial charge is 0.254 e. The number of carbonyl (C=O) groups excluding carboxylic acids is 3. The fourth-order valence-electron chi connectivity index (χ4n) is 5.12. The van der Waals surface area contributed by atoms with Crippen molar-refractivity contribution in [3.05, 3.63) is 52.9 Å². The average molecular weight is 525 g/mol. The van der Waals surface area contributed by atoms with Gasteiger partial charge < -0.3 is 15.2 Å². The third-order valence-corrected chi connectivity index (χ3v) is 8.06. The van der Waals surface area contributed by atoms with Crippen LogP contribution in [0.25, 0.3) is 32.9 Å². The summed E-state index contributed by atoms with van der Waals surface area (Å²) in [5, 5.41) is 5.00. The van der Waals surface area contributed by atoms with Crippen molar-refractivity contribution in [2.24, 2.45) is 5.73 Å². The number of halogens is 1. The van der Waals surface area contributed by atoms with Crippen LogP contribution in [0.5, 0.6) is 0 Å². The molecule has 0 bridgehead atoms. The SMILES string of the molecule is C=S(=O)(C=O)n1c2cc(C(=O)N3CCCC(F)C3)ccc2c2cc(-c3c(C)noc3C)cc(C(N)=O)c21. The Morgan fingerprint density at radius 2 is 2.00 bits per heavy atom. The number of likely N-dealkylation sites (tertiary alicyclic amines) is 1. The van der Waals surface area contributed by atoms with Crippen LogP contribution in [-0.4, -0.2) is 60.8 Å². The van der Waals surface area contributed by atoms with Gasteiger partial charge in [0.25, 0.3) is 11.8 Å². The topological polar surface area (TPSA) is 128 Å². The van der Waals surface area contributed by atoms with E-state index in [1.165, 1.54) is 21.0 Å². The molecule has 2 aromatic carbocycles. The fourth-order valence-corrected chi connectivity index (χ4v) is 6.20. The normalized spacial score (nSPS) is 17.7. The van der Waals surface area contributed by atoms with Crippen LogP contribution in [0.3, 0.4) is 0 Å². The number of aryl methyl sites for hydroxylation is 2. The molecule has 2 unspecified atom stereocenters. The zero-order valence-corrected chi connectivity index (χ0v) is 21.1. The molecule has 0 radical (unpaired) electrons.